The van der Waals surface area contributed by atoms with Crippen molar-refractivity contribution in [1.82, 2.24) is 9.88 Å². The van der Waals surface area contributed by atoms with E-state index in [2.05, 4.69) is 5.32 Å². The number of aromatic nitrogens is 1. The number of hydrogen-bond donors (Lipinski definition) is 1. The van der Waals surface area contributed by atoms with Crippen molar-refractivity contribution in [3.05, 3.63) is 96.2 Å². The van der Waals surface area contributed by atoms with Gasteiger partial charge in [0.2, 0.25) is 5.91 Å². The molecule has 4 rings (SSSR count). The molecule has 0 radical (unpaired) electrons. The van der Waals surface area contributed by atoms with E-state index >= 15 is 0 Å². The van der Waals surface area contributed by atoms with Crippen LogP contribution in [0.1, 0.15) is 11.1 Å². The highest BCUT2D eigenvalue weighted by Gasteiger charge is 2.22. The van der Waals surface area contributed by atoms with Crippen LogP contribution in [-0.2, 0) is 33.4 Å². The Hall–Kier alpha value is -3.58. The third-order valence-corrected chi connectivity index (χ3v) is 7.20. The average molecular weight is 463 g/mol. The second-order valence-electron chi connectivity index (χ2n) is 7.83. The summed E-state index contributed by atoms with van der Waals surface area (Å²) >= 11 is 0. The van der Waals surface area contributed by atoms with E-state index in [9.17, 15) is 13.2 Å². The lowest BCUT2D eigenvalue weighted by Crippen LogP contribution is -2.29. The summed E-state index contributed by atoms with van der Waals surface area (Å²) in [7, 11) is -1.95. The Morgan fingerprint density at radius 2 is 1.61 bits per heavy atom. The zero-order valence-electron chi connectivity index (χ0n) is 18.4. The molecule has 0 saturated carbocycles. The van der Waals surface area contributed by atoms with Gasteiger partial charge in [-0.3, -0.25) is 4.79 Å². The molecule has 170 valence electrons. The minimum absolute atomic E-state index is 0.0456. The molecule has 7 heteroatoms. The molecule has 4 aromatic rings. The van der Waals surface area contributed by atoms with E-state index in [0.29, 0.717) is 18.4 Å². The van der Waals surface area contributed by atoms with Gasteiger partial charge in [0.25, 0.3) is 0 Å². The summed E-state index contributed by atoms with van der Waals surface area (Å²) in [4.78, 5) is 12.8. The third kappa shape index (κ3) is 5.43. The van der Waals surface area contributed by atoms with Gasteiger partial charge in [-0.05, 0) is 35.7 Å². The Morgan fingerprint density at radius 3 is 2.33 bits per heavy atom. The maximum atomic E-state index is 13.2. The first-order valence-electron chi connectivity index (χ1n) is 10.7. The van der Waals surface area contributed by atoms with Crippen LogP contribution in [0.15, 0.2) is 90.0 Å². The smallest absolute Gasteiger partial charge is 0.239 e. The molecule has 0 aliphatic carbocycles. The first-order valence-corrected chi connectivity index (χ1v) is 12.4. The van der Waals surface area contributed by atoms with Crippen molar-refractivity contribution in [2.45, 2.75) is 23.6 Å². The first kappa shape index (κ1) is 22.6. The zero-order valence-corrected chi connectivity index (χ0v) is 19.2. The van der Waals surface area contributed by atoms with Gasteiger partial charge < -0.3 is 14.6 Å². The van der Waals surface area contributed by atoms with Gasteiger partial charge in [0.05, 0.1) is 17.8 Å². The van der Waals surface area contributed by atoms with Crippen LogP contribution < -0.4 is 10.1 Å². The van der Waals surface area contributed by atoms with Crippen molar-refractivity contribution < 1.29 is 17.9 Å². The van der Waals surface area contributed by atoms with Crippen molar-refractivity contribution in [2.24, 2.45) is 0 Å². The van der Waals surface area contributed by atoms with Crippen molar-refractivity contribution in [1.29, 1.82) is 0 Å². The first-order chi connectivity index (χ1) is 16.0. The van der Waals surface area contributed by atoms with Crippen LogP contribution in [0.2, 0.25) is 0 Å². The normalized spacial score (nSPS) is 11.4. The van der Waals surface area contributed by atoms with E-state index in [1.165, 1.54) is 0 Å². The summed E-state index contributed by atoms with van der Waals surface area (Å²) in [5.74, 6) is 0.534. The number of hydrogen-bond acceptors (Lipinski definition) is 4. The molecule has 0 bridgehead atoms. The summed E-state index contributed by atoms with van der Waals surface area (Å²) in [6.45, 7) is 0.535. The number of carbonyl (C=O) groups is 1. The number of rotatable bonds is 9. The number of carbonyl (C=O) groups excluding carboxylic acids is 1. The van der Waals surface area contributed by atoms with Crippen LogP contribution in [0.4, 0.5) is 0 Å². The van der Waals surface area contributed by atoms with Gasteiger partial charge in [-0.15, -0.1) is 0 Å². The SMILES string of the molecule is COc1ccc(CCNC(=O)Cn2cc(S(=O)(=O)Cc3ccccc3)c3ccccc32)cc1. The molecule has 0 atom stereocenters. The Morgan fingerprint density at radius 1 is 0.909 bits per heavy atom. The average Bonchev–Trinajstić information content (AvgIpc) is 3.19. The highest BCUT2D eigenvalue weighted by Crippen LogP contribution is 2.28. The number of methoxy groups -OCH3 is 1. The zero-order chi connectivity index (χ0) is 23.3. The number of nitrogens with one attached hydrogen (secondary N) is 1. The van der Waals surface area contributed by atoms with Crippen LogP contribution in [0, 0.1) is 0 Å². The van der Waals surface area contributed by atoms with Crippen LogP contribution in [0.25, 0.3) is 10.9 Å². The molecule has 3 aromatic carbocycles. The summed E-state index contributed by atoms with van der Waals surface area (Å²) < 4.78 is 33.2. The second kappa shape index (κ2) is 9.92. The van der Waals surface area contributed by atoms with Crippen molar-refractivity contribution >= 4 is 26.6 Å². The number of fused-ring (bicyclic) bond motifs is 1. The Balaban J connectivity index is 1.47. The van der Waals surface area contributed by atoms with Gasteiger partial charge in [-0.1, -0.05) is 60.7 Å². The number of ether oxygens (including phenoxy) is 1. The third-order valence-electron chi connectivity index (χ3n) is 5.50. The van der Waals surface area contributed by atoms with E-state index < -0.39 is 9.84 Å². The molecule has 0 fully saturated rings. The lowest BCUT2D eigenvalue weighted by Gasteiger charge is -2.08. The number of amides is 1. The number of sulfone groups is 1. The van der Waals surface area contributed by atoms with Crippen LogP contribution in [-0.4, -0.2) is 32.5 Å². The van der Waals surface area contributed by atoms with Gasteiger partial charge >= 0.3 is 0 Å². The quantitative estimate of drug-likeness (QED) is 0.408. The van der Waals surface area contributed by atoms with E-state index in [1.54, 1.807) is 36.1 Å². The van der Waals surface area contributed by atoms with Gasteiger partial charge in [-0.2, -0.15) is 0 Å². The second-order valence-corrected chi connectivity index (χ2v) is 9.79. The largest absolute Gasteiger partial charge is 0.497 e. The molecule has 33 heavy (non-hydrogen) atoms. The lowest BCUT2D eigenvalue weighted by atomic mass is 10.1. The summed E-state index contributed by atoms with van der Waals surface area (Å²) in [6, 6.07) is 24.1. The van der Waals surface area contributed by atoms with Crippen molar-refractivity contribution in [2.75, 3.05) is 13.7 Å². The van der Waals surface area contributed by atoms with Crippen LogP contribution in [0.5, 0.6) is 5.75 Å². The molecule has 0 unspecified atom stereocenters. The van der Waals surface area contributed by atoms with Crippen molar-refractivity contribution in [3.63, 3.8) is 0 Å². The highest BCUT2D eigenvalue weighted by atomic mass is 32.2. The van der Waals surface area contributed by atoms with Crippen molar-refractivity contribution in [3.8, 4) is 5.75 Å². The maximum Gasteiger partial charge on any atom is 0.239 e. The molecule has 6 nitrogen and oxygen atoms in total. The molecule has 0 spiro atoms. The predicted molar refractivity (Wildman–Crippen MR) is 129 cm³/mol. The Labute approximate surface area is 193 Å². The number of benzene rings is 3. The van der Waals surface area contributed by atoms with E-state index in [4.69, 9.17) is 4.74 Å². The fraction of sp³-hybridized carbons (Fsp3) is 0.192. The van der Waals surface area contributed by atoms with Gasteiger partial charge in [-0.25, -0.2) is 8.42 Å². The lowest BCUT2D eigenvalue weighted by molar-refractivity contribution is -0.121. The minimum atomic E-state index is -3.58. The molecular formula is C26H26N2O4S. The predicted octanol–water partition coefficient (Wildman–Crippen LogP) is 3.98. The summed E-state index contributed by atoms with van der Waals surface area (Å²) in [6.07, 6.45) is 2.27. The van der Waals surface area contributed by atoms with E-state index in [-0.39, 0.29) is 23.1 Å². The number of nitrogens with zero attached hydrogens (tertiary/aromatic N) is 1. The maximum absolute atomic E-state index is 13.2. The molecule has 1 N–H and O–H groups in total. The molecule has 1 aromatic heterocycles. The fourth-order valence-electron chi connectivity index (χ4n) is 3.81. The van der Waals surface area contributed by atoms with Gasteiger partial charge in [0.1, 0.15) is 12.3 Å². The molecule has 0 aliphatic rings. The standard InChI is InChI=1S/C26H26N2O4S/c1-32-22-13-11-20(12-14-22)15-16-27-26(29)18-28-17-25(23-9-5-6-10-24(23)28)33(30,31)19-21-7-3-2-4-8-21/h2-14,17H,15-16,18-19H2,1H3,(H,27,29). The molecule has 1 amide bonds. The fourth-order valence-corrected chi connectivity index (χ4v) is 5.39. The molecular weight excluding hydrogens is 436 g/mol. The van der Waals surface area contributed by atoms with Crippen LogP contribution in [0.3, 0.4) is 0 Å². The topological polar surface area (TPSA) is 77.4 Å². The highest BCUT2D eigenvalue weighted by molar-refractivity contribution is 7.90. The molecule has 0 saturated heterocycles. The molecule has 1 heterocycles. The van der Waals surface area contributed by atoms with Gasteiger partial charge in [0.15, 0.2) is 9.84 Å². The minimum Gasteiger partial charge on any atom is -0.497 e. The number of para-hydroxylation sites is 1. The van der Waals surface area contributed by atoms with Gasteiger partial charge in [0, 0.05) is 23.6 Å². The summed E-state index contributed by atoms with van der Waals surface area (Å²) in [5.41, 5.74) is 2.54. The molecule has 0 aliphatic heterocycles. The summed E-state index contributed by atoms with van der Waals surface area (Å²) in [5, 5.41) is 3.54. The van der Waals surface area contributed by atoms with E-state index in [1.807, 2.05) is 60.7 Å². The van der Waals surface area contributed by atoms with Crippen LogP contribution >= 0.6 is 0 Å². The Bertz CT molecular complexity index is 1340. The van der Waals surface area contributed by atoms with E-state index in [0.717, 1.165) is 22.4 Å². The monoisotopic (exact) mass is 462 g/mol. The Kier molecular flexibility index (Phi) is 6.79.